The van der Waals surface area contributed by atoms with Crippen molar-refractivity contribution in [2.45, 2.75) is 33.1 Å². The van der Waals surface area contributed by atoms with Crippen LogP contribution in [-0.2, 0) is 10.2 Å². The molecule has 0 saturated heterocycles. The summed E-state index contributed by atoms with van der Waals surface area (Å²) < 4.78 is 5.01. The summed E-state index contributed by atoms with van der Waals surface area (Å²) in [5.74, 6) is -0.298. The Kier molecular flexibility index (Phi) is 3.16. The highest BCUT2D eigenvalue weighted by Crippen LogP contribution is 2.30. The molecule has 18 heavy (non-hydrogen) atoms. The molecular formula is C15H19NO2. The smallest absolute Gasteiger partial charge is 0.354 e. The summed E-state index contributed by atoms with van der Waals surface area (Å²) in [7, 11) is 0. The third-order valence-corrected chi connectivity index (χ3v) is 2.97. The molecule has 0 aliphatic carbocycles. The molecule has 2 aromatic rings. The zero-order valence-corrected chi connectivity index (χ0v) is 11.3. The average molecular weight is 245 g/mol. The van der Waals surface area contributed by atoms with Gasteiger partial charge < -0.3 is 9.72 Å². The highest BCUT2D eigenvalue weighted by atomic mass is 16.5. The lowest BCUT2D eigenvalue weighted by Gasteiger charge is -2.19. The Hall–Kier alpha value is -1.77. The van der Waals surface area contributed by atoms with Crippen LogP contribution in [0.2, 0.25) is 0 Å². The summed E-state index contributed by atoms with van der Waals surface area (Å²) >= 11 is 0. The first-order valence-corrected chi connectivity index (χ1v) is 6.23. The van der Waals surface area contributed by atoms with E-state index in [-0.39, 0.29) is 11.4 Å². The van der Waals surface area contributed by atoms with Crippen molar-refractivity contribution in [1.29, 1.82) is 0 Å². The topological polar surface area (TPSA) is 42.1 Å². The predicted octanol–water partition coefficient (Wildman–Crippen LogP) is 3.64. The Bertz CT molecular complexity index is 576. The first kappa shape index (κ1) is 12.7. The molecule has 0 unspecified atom stereocenters. The SMILES string of the molecule is CCOC(=O)c1cc2c(C(C)(C)C)cccc2[nH]1. The zero-order chi connectivity index (χ0) is 13.3. The third kappa shape index (κ3) is 2.26. The van der Waals surface area contributed by atoms with Crippen molar-refractivity contribution < 1.29 is 9.53 Å². The second-order valence-corrected chi connectivity index (χ2v) is 5.42. The van der Waals surface area contributed by atoms with Crippen LogP contribution in [0.5, 0.6) is 0 Å². The normalized spacial score (nSPS) is 11.8. The van der Waals surface area contributed by atoms with E-state index in [0.29, 0.717) is 12.3 Å². The standard InChI is InChI=1S/C15H19NO2/c1-5-18-14(17)13-9-10-11(15(2,3)4)7-6-8-12(10)16-13/h6-9,16H,5H2,1-4H3. The summed E-state index contributed by atoms with van der Waals surface area (Å²) in [6, 6.07) is 7.97. The molecule has 0 bridgehead atoms. The van der Waals surface area contributed by atoms with Crippen molar-refractivity contribution in [3.63, 3.8) is 0 Å². The highest BCUT2D eigenvalue weighted by Gasteiger charge is 2.19. The summed E-state index contributed by atoms with van der Waals surface area (Å²) in [6.45, 7) is 8.69. The molecule has 0 aliphatic heterocycles. The number of carbonyl (C=O) groups excluding carboxylic acids is 1. The van der Waals surface area contributed by atoms with Crippen LogP contribution in [0.3, 0.4) is 0 Å². The van der Waals surface area contributed by atoms with E-state index >= 15 is 0 Å². The molecule has 0 saturated carbocycles. The van der Waals surface area contributed by atoms with Gasteiger partial charge in [-0.3, -0.25) is 0 Å². The molecular weight excluding hydrogens is 226 g/mol. The summed E-state index contributed by atoms with van der Waals surface area (Å²) in [5, 5.41) is 1.09. The number of nitrogens with one attached hydrogen (secondary N) is 1. The van der Waals surface area contributed by atoms with E-state index in [9.17, 15) is 4.79 Å². The van der Waals surface area contributed by atoms with E-state index in [1.807, 2.05) is 18.2 Å². The summed E-state index contributed by atoms with van der Waals surface area (Å²) in [6.07, 6.45) is 0. The van der Waals surface area contributed by atoms with Crippen LogP contribution in [0.1, 0.15) is 43.7 Å². The molecule has 0 spiro atoms. The first-order chi connectivity index (χ1) is 8.43. The second kappa shape index (κ2) is 4.48. The number of aromatic nitrogens is 1. The van der Waals surface area contributed by atoms with Crippen LogP contribution in [0.25, 0.3) is 10.9 Å². The molecule has 0 radical (unpaired) electrons. The molecule has 1 aromatic heterocycles. The average Bonchev–Trinajstić information content (AvgIpc) is 2.71. The Morgan fingerprint density at radius 2 is 2.06 bits per heavy atom. The minimum absolute atomic E-state index is 0.0492. The number of fused-ring (bicyclic) bond motifs is 1. The number of H-pyrrole nitrogens is 1. The van der Waals surface area contributed by atoms with Crippen LogP contribution in [0, 0.1) is 0 Å². The number of rotatable bonds is 2. The van der Waals surface area contributed by atoms with Crippen LogP contribution in [-0.4, -0.2) is 17.6 Å². The fourth-order valence-electron chi connectivity index (χ4n) is 2.13. The Morgan fingerprint density at radius 3 is 2.67 bits per heavy atom. The maximum absolute atomic E-state index is 11.7. The third-order valence-electron chi connectivity index (χ3n) is 2.97. The van der Waals surface area contributed by atoms with Crippen molar-refractivity contribution in [1.82, 2.24) is 4.98 Å². The van der Waals surface area contributed by atoms with Gasteiger partial charge in [0.25, 0.3) is 0 Å². The van der Waals surface area contributed by atoms with Crippen molar-refractivity contribution in [2.75, 3.05) is 6.61 Å². The number of hydrogen-bond acceptors (Lipinski definition) is 2. The van der Waals surface area contributed by atoms with Gasteiger partial charge in [-0.1, -0.05) is 32.9 Å². The maximum Gasteiger partial charge on any atom is 0.354 e. The lowest BCUT2D eigenvalue weighted by molar-refractivity contribution is 0.0520. The van der Waals surface area contributed by atoms with Gasteiger partial charge in [-0.2, -0.15) is 0 Å². The van der Waals surface area contributed by atoms with Gasteiger partial charge in [0.1, 0.15) is 5.69 Å². The molecule has 96 valence electrons. The summed E-state index contributed by atoms with van der Waals surface area (Å²) in [4.78, 5) is 14.8. The molecule has 0 aliphatic rings. The molecule has 0 fully saturated rings. The number of benzene rings is 1. The van der Waals surface area contributed by atoms with Gasteiger partial charge in [-0.25, -0.2) is 4.79 Å². The molecule has 2 rings (SSSR count). The van der Waals surface area contributed by atoms with Crippen molar-refractivity contribution in [3.05, 3.63) is 35.5 Å². The number of esters is 1. The van der Waals surface area contributed by atoms with Crippen molar-refractivity contribution >= 4 is 16.9 Å². The molecule has 1 heterocycles. The van der Waals surface area contributed by atoms with E-state index < -0.39 is 0 Å². The number of carbonyl (C=O) groups is 1. The van der Waals surface area contributed by atoms with E-state index in [4.69, 9.17) is 4.74 Å². The van der Waals surface area contributed by atoms with Gasteiger partial charge in [-0.05, 0) is 30.0 Å². The molecule has 1 aromatic carbocycles. The highest BCUT2D eigenvalue weighted by molar-refractivity contribution is 5.96. The maximum atomic E-state index is 11.7. The quantitative estimate of drug-likeness (QED) is 0.821. The number of hydrogen-bond donors (Lipinski definition) is 1. The van der Waals surface area contributed by atoms with Gasteiger partial charge in [-0.15, -0.1) is 0 Å². The lowest BCUT2D eigenvalue weighted by Crippen LogP contribution is -2.11. The molecule has 3 nitrogen and oxygen atoms in total. The summed E-state index contributed by atoms with van der Waals surface area (Å²) in [5.41, 5.74) is 2.77. The molecule has 0 atom stereocenters. The number of aromatic amines is 1. The van der Waals surface area contributed by atoms with E-state index in [2.05, 4.69) is 31.8 Å². The fourth-order valence-corrected chi connectivity index (χ4v) is 2.13. The van der Waals surface area contributed by atoms with Crippen molar-refractivity contribution in [2.24, 2.45) is 0 Å². The van der Waals surface area contributed by atoms with Gasteiger partial charge in [0, 0.05) is 10.9 Å². The zero-order valence-electron chi connectivity index (χ0n) is 11.3. The predicted molar refractivity (Wildman–Crippen MR) is 73.0 cm³/mol. The van der Waals surface area contributed by atoms with Gasteiger partial charge in [0.15, 0.2) is 0 Å². The largest absolute Gasteiger partial charge is 0.461 e. The fraction of sp³-hybridized carbons (Fsp3) is 0.400. The van der Waals surface area contributed by atoms with E-state index in [1.54, 1.807) is 6.92 Å². The van der Waals surface area contributed by atoms with E-state index in [1.165, 1.54) is 5.56 Å². The minimum Gasteiger partial charge on any atom is -0.461 e. The monoisotopic (exact) mass is 245 g/mol. The molecule has 0 amide bonds. The Labute approximate surface area is 107 Å². The van der Waals surface area contributed by atoms with Gasteiger partial charge >= 0.3 is 5.97 Å². The van der Waals surface area contributed by atoms with Gasteiger partial charge in [0.2, 0.25) is 0 Å². The molecule has 1 N–H and O–H groups in total. The van der Waals surface area contributed by atoms with Gasteiger partial charge in [0.05, 0.1) is 6.61 Å². The van der Waals surface area contributed by atoms with E-state index in [0.717, 1.165) is 10.9 Å². The minimum atomic E-state index is -0.298. The van der Waals surface area contributed by atoms with Crippen LogP contribution >= 0.6 is 0 Å². The Balaban J connectivity index is 2.55. The lowest BCUT2D eigenvalue weighted by atomic mass is 9.85. The Morgan fingerprint density at radius 1 is 1.33 bits per heavy atom. The number of ether oxygens (including phenoxy) is 1. The van der Waals surface area contributed by atoms with Crippen molar-refractivity contribution in [3.8, 4) is 0 Å². The molecule has 3 heteroatoms. The van der Waals surface area contributed by atoms with Crippen LogP contribution in [0.15, 0.2) is 24.3 Å². The van der Waals surface area contributed by atoms with Crippen LogP contribution in [0.4, 0.5) is 0 Å². The first-order valence-electron chi connectivity index (χ1n) is 6.23. The second-order valence-electron chi connectivity index (χ2n) is 5.42. The van der Waals surface area contributed by atoms with Crippen LogP contribution < -0.4 is 0 Å².